The van der Waals surface area contributed by atoms with E-state index in [2.05, 4.69) is 104 Å². The van der Waals surface area contributed by atoms with Crippen LogP contribution in [0.4, 0.5) is 5.69 Å². The maximum absolute atomic E-state index is 9.56. The van der Waals surface area contributed by atoms with Gasteiger partial charge in [0.2, 0.25) is 0 Å². The molecule has 0 bridgehead atoms. The lowest BCUT2D eigenvalue weighted by Crippen LogP contribution is -2.37. The lowest BCUT2D eigenvalue weighted by molar-refractivity contribution is 0.258. The van der Waals surface area contributed by atoms with Crippen LogP contribution in [0.25, 0.3) is 11.6 Å². The first-order valence-electron chi connectivity index (χ1n) is 15.0. The number of anilines is 1. The highest BCUT2D eigenvalue weighted by molar-refractivity contribution is 5.75. The molecule has 2 aromatic heterocycles. The van der Waals surface area contributed by atoms with Gasteiger partial charge in [0.15, 0.2) is 0 Å². The van der Waals surface area contributed by atoms with Crippen molar-refractivity contribution in [1.82, 2.24) is 20.2 Å². The Balaban J connectivity index is 0.00000237. The molecule has 4 heterocycles. The predicted octanol–water partition coefficient (Wildman–Crippen LogP) is 7.76. The Morgan fingerprint density at radius 1 is 1.21 bits per heavy atom. The summed E-state index contributed by atoms with van der Waals surface area (Å²) in [6, 6.07) is 6.80. The van der Waals surface area contributed by atoms with Crippen LogP contribution >= 0.6 is 0 Å². The van der Waals surface area contributed by atoms with Gasteiger partial charge in [0.05, 0.1) is 22.9 Å². The summed E-state index contributed by atoms with van der Waals surface area (Å²) in [5, 5.41) is 12.7. The van der Waals surface area contributed by atoms with Crippen molar-refractivity contribution in [2.45, 2.75) is 80.2 Å². The maximum atomic E-state index is 9.56. The molecule has 4 rings (SSSR count). The molecule has 6 heteroatoms. The predicted molar refractivity (Wildman–Crippen MR) is 178 cm³/mol. The Bertz CT molecular complexity index is 1460. The van der Waals surface area contributed by atoms with Crippen LogP contribution in [0, 0.1) is 32.1 Å². The van der Waals surface area contributed by atoms with E-state index in [9.17, 15) is 5.26 Å². The van der Waals surface area contributed by atoms with Crippen molar-refractivity contribution in [2.24, 2.45) is 0 Å². The van der Waals surface area contributed by atoms with E-state index in [1.165, 1.54) is 22.3 Å². The summed E-state index contributed by atoms with van der Waals surface area (Å²) in [4.78, 5) is 14.1. The first-order valence-corrected chi connectivity index (χ1v) is 15.0. The smallest absolute Gasteiger partial charge is 0.0937 e. The van der Waals surface area contributed by atoms with E-state index in [0.717, 1.165) is 59.2 Å². The van der Waals surface area contributed by atoms with E-state index in [-0.39, 0.29) is 6.04 Å². The maximum Gasteiger partial charge on any atom is 0.0937 e. The summed E-state index contributed by atoms with van der Waals surface area (Å²) >= 11 is 0. The van der Waals surface area contributed by atoms with Crippen LogP contribution in [0.2, 0.25) is 0 Å². The first kappa shape index (κ1) is 32.6. The van der Waals surface area contributed by atoms with Crippen molar-refractivity contribution in [1.29, 1.82) is 5.26 Å². The van der Waals surface area contributed by atoms with Gasteiger partial charge >= 0.3 is 0 Å². The van der Waals surface area contributed by atoms with Crippen molar-refractivity contribution in [3.8, 4) is 6.07 Å². The Hall–Kier alpha value is -3.95. The molecule has 2 aliphatic rings. The number of nitrogens with zero attached hydrogens (tertiary/aromatic N) is 5. The second-order valence-electron chi connectivity index (χ2n) is 11.4. The molecule has 0 saturated heterocycles. The Kier molecular flexibility index (Phi) is 10.7. The average Bonchev–Trinajstić information content (AvgIpc) is 2.98. The molecule has 6 nitrogen and oxygen atoms in total. The highest BCUT2D eigenvalue weighted by Gasteiger charge is 2.26. The number of likely N-dealkylation sites (N-methyl/N-ethyl adjacent to an activating group) is 1. The number of aromatic nitrogens is 2. The number of rotatable bonds is 7. The summed E-state index contributed by atoms with van der Waals surface area (Å²) in [5.41, 5.74) is 11.5. The fourth-order valence-corrected chi connectivity index (χ4v) is 5.49. The van der Waals surface area contributed by atoms with E-state index in [0.29, 0.717) is 0 Å². The monoisotopic (exact) mass is 564 g/mol. The van der Waals surface area contributed by atoms with Crippen LogP contribution in [0.1, 0.15) is 81.7 Å². The topological polar surface area (TPSA) is 68.1 Å². The number of nitriles is 1. The molecule has 2 aromatic rings. The third-order valence-electron chi connectivity index (χ3n) is 8.21. The summed E-state index contributed by atoms with van der Waals surface area (Å²) < 4.78 is 0. The highest BCUT2D eigenvalue weighted by atomic mass is 15.2. The van der Waals surface area contributed by atoms with Gasteiger partial charge in [0.1, 0.15) is 0 Å². The molecule has 1 atom stereocenters. The molecule has 0 radical (unpaired) electrons. The van der Waals surface area contributed by atoms with Crippen molar-refractivity contribution in [3.05, 3.63) is 100 Å². The van der Waals surface area contributed by atoms with Gasteiger partial charge in [0.25, 0.3) is 0 Å². The molecule has 0 fully saturated rings. The average molecular weight is 565 g/mol. The zero-order chi connectivity index (χ0) is 31.2. The second-order valence-corrected chi connectivity index (χ2v) is 11.4. The molecule has 0 saturated carbocycles. The molecule has 0 spiro atoms. The van der Waals surface area contributed by atoms with E-state index in [1.807, 2.05) is 47.0 Å². The fraction of sp³-hybridized carbons (Fsp3) is 0.417. The minimum absolute atomic E-state index is 0.278. The molecule has 222 valence electrons. The first-order chi connectivity index (χ1) is 20.0. The highest BCUT2D eigenvalue weighted by Crippen LogP contribution is 2.33. The number of allylic oxidation sites excluding steroid dienone is 2. The Morgan fingerprint density at radius 3 is 2.50 bits per heavy atom. The van der Waals surface area contributed by atoms with Crippen molar-refractivity contribution >= 4 is 17.3 Å². The molecule has 0 aromatic carbocycles. The molecule has 1 unspecified atom stereocenters. The van der Waals surface area contributed by atoms with Gasteiger partial charge in [-0.15, -0.1) is 0 Å². The lowest BCUT2D eigenvalue weighted by Gasteiger charge is -2.33. The summed E-state index contributed by atoms with van der Waals surface area (Å²) in [6.45, 7) is 24.8. The van der Waals surface area contributed by atoms with Gasteiger partial charge < -0.3 is 10.2 Å². The van der Waals surface area contributed by atoms with Crippen LogP contribution in [0.15, 0.2) is 66.3 Å². The Labute approximate surface area is 253 Å². The molecule has 0 aliphatic carbocycles. The van der Waals surface area contributed by atoms with Crippen LogP contribution in [0.3, 0.4) is 0 Å². The van der Waals surface area contributed by atoms with Gasteiger partial charge in [0, 0.05) is 72.5 Å². The van der Waals surface area contributed by atoms with Gasteiger partial charge in [-0.05, 0) is 90.3 Å². The van der Waals surface area contributed by atoms with E-state index in [4.69, 9.17) is 4.98 Å². The fourth-order valence-electron chi connectivity index (χ4n) is 5.49. The van der Waals surface area contributed by atoms with E-state index in [1.54, 1.807) is 0 Å². The standard InChI is InChI=1S/C34H42N6.C2H6/c1-22(18-30-25(4)37-14-10-31(30)40-17-13-29(36-9)20-24(40)3)27(6)39-15-11-28(12-16-39)33-23(2)19-32(38-26(33)5)34(7,8)21-35;1-2/h10-11,13-14,17-20,27,36H,3,12,15-16H2,1-2,4-9H3;1-2H3/b22-18+;. The molecule has 2 aliphatic heterocycles. The number of hydrogen-bond donors (Lipinski definition) is 1. The number of pyridine rings is 2. The van der Waals surface area contributed by atoms with Gasteiger partial charge in [-0.3, -0.25) is 14.9 Å². The zero-order valence-electron chi connectivity index (χ0n) is 27.3. The van der Waals surface area contributed by atoms with Crippen LogP contribution in [0.5, 0.6) is 0 Å². The summed E-state index contributed by atoms with van der Waals surface area (Å²) in [7, 11) is 1.92. The minimum atomic E-state index is -0.596. The minimum Gasteiger partial charge on any atom is -0.388 e. The number of nitrogens with one attached hydrogen (secondary N) is 1. The zero-order valence-corrected chi connectivity index (χ0v) is 27.3. The number of aryl methyl sites for hydroxylation is 3. The molecule has 0 amide bonds. The third-order valence-corrected chi connectivity index (χ3v) is 8.21. The van der Waals surface area contributed by atoms with Crippen LogP contribution in [-0.4, -0.2) is 41.0 Å². The van der Waals surface area contributed by atoms with Crippen LogP contribution in [-0.2, 0) is 5.41 Å². The molecular formula is C36H48N6. The van der Waals surface area contributed by atoms with E-state index < -0.39 is 5.41 Å². The third kappa shape index (κ3) is 6.91. The lowest BCUT2D eigenvalue weighted by atomic mass is 9.87. The molecule has 1 N–H and O–H groups in total. The Morgan fingerprint density at radius 2 is 1.93 bits per heavy atom. The second kappa shape index (κ2) is 13.8. The van der Waals surface area contributed by atoms with Crippen molar-refractivity contribution < 1.29 is 0 Å². The van der Waals surface area contributed by atoms with Crippen LogP contribution < -0.4 is 10.2 Å². The van der Waals surface area contributed by atoms with E-state index >= 15 is 0 Å². The molecular weight excluding hydrogens is 516 g/mol. The van der Waals surface area contributed by atoms with Crippen molar-refractivity contribution in [2.75, 3.05) is 25.0 Å². The SMILES string of the molecule is C=C1C=C(NC)C=CN1c1ccnc(C)c1/C=C(\C)C(C)N1CC=C(c2c(C)cc(C(C)(C)C#N)nc2C)CC1.CC. The normalized spacial score (nSPS) is 16.6. The van der Waals surface area contributed by atoms with Gasteiger partial charge in [-0.2, -0.15) is 5.26 Å². The quantitative estimate of drug-likeness (QED) is 0.371. The van der Waals surface area contributed by atoms with Gasteiger partial charge in [-0.25, -0.2) is 0 Å². The summed E-state index contributed by atoms with van der Waals surface area (Å²) in [6.07, 6.45) is 13.6. The van der Waals surface area contributed by atoms with Gasteiger partial charge in [-0.1, -0.05) is 38.2 Å². The van der Waals surface area contributed by atoms with Crippen molar-refractivity contribution in [3.63, 3.8) is 0 Å². The summed E-state index contributed by atoms with van der Waals surface area (Å²) in [5.74, 6) is 0. The number of hydrogen-bond acceptors (Lipinski definition) is 6. The largest absolute Gasteiger partial charge is 0.388 e. The molecule has 42 heavy (non-hydrogen) atoms.